The van der Waals surface area contributed by atoms with Crippen molar-refractivity contribution in [2.75, 3.05) is 13.2 Å². The Balaban J connectivity index is 1.15. The Bertz CT molecular complexity index is 725. The zero-order valence-electron chi connectivity index (χ0n) is 24.5. The second-order valence-corrected chi connectivity index (χ2v) is 15.8. The van der Waals surface area contributed by atoms with Crippen LogP contribution in [0.25, 0.3) is 0 Å². The first-order valence-corrected chi connectivity index (χ1v) is 15.7. The molecule has 0 N–H and O–H groups in total. The molecule has 4 unspecified atom stereocenters. The van der Waals surface area contributed by atoms with Gasteiger partial charge in [-0.15, -0.1) is 0 Å². The van der Waals surface area contributed by atoms with Crippen LogP contribution >= 0.6 is 0 Å². The van der Waals surface area contributed by atoms with Gasteiger partial charge in [0.1, 0.15) is 5.78 Å². The van der Waals surface area contributed by atoms with Gasteiger partial charge in [0.15, 0.2) is 13.0 Å². The molecule has 6 aliphatic carbocycles. The molecule has 7 rings (SSSR count). The van der Waals surface area contributed by atoms with E-state index in [0.717, 1.165) is 88.5 Å². The Hall–Kier alpha value is -0.345. The molecule has 36 heavy (non-hydrogen) atoms. The number of fused-ring (bicyclic) bond motifs is 4. The maximum absolute atomic E-state index is 12.8. The average molecular weight is 499 g/mol. The summed E-state index contributed by atoms with van der Waals surface area (Å²) < 4.78 is 11.3. The first-order valence-electron chi connectivity index (χ1n) is 15.7. The van der Waals surface area contributed by atoms with Crippen molar-refractivity contribution < 1.29 is 14.3 Å². The van der Waals surface area contributed by atoms with Crippen LogP contribution in [-0.4, -0.2) is 32.0 Å². The summed E-state index contributed by atoms with van der Waals surface area (Å²) in [6.07, 6.45) is 16.5. The van der Waals surface area contributed by atoms with E-state index in [1.807, 2.05) is 0 Å². The molecule has 3 nitrogen and oxygen atoms in total. The van der Waals surface area contributed by atoms with E-state index in [-0.39, 0.29) is 6.29 Å². The van der Waals surface area contributed by atoms with Crippen LogP contribution in [0, 0.1) is 34.5 Å². The summed E-state index contributed by atoms with van der Waals surface area (Å²) in [5.41, 5.74) is 1.12. The van der Waals surface area contributed by atoms with Gasteiger partial charge in [-0.2, -0.15) is 0 Å². The van der Waals surface area contributed by atoms with E-state index in [2.05, 4.69) is 41.5 Å². The van der Waals surface area contributed by atoms with Gasteiger partial charge < -0.3 is 9.47 Å². The van der Waals surface area contributed by atoms with Crippen molar-refractivity contribution >= 4 is 12.5 Å². The third-order valence-corrected chi connectivity index (χ3v) is 12.9. The van der Waals surface area contributed by atoms with Crippen molar-refractivity contribution in [3.8, 4) is 0 Å². The molecule has 4 atom stereocenters. The zero-order chi connectivity index (χ0) is 25.8. The van der Waals surface area contributed by atoms with E-state index in [0.29, 0.717) is 27.2 Å². The Labute approximate surface area is 222 Å². The summed E-state index contributed by atoms with van der Waals surface area (Å²) >= 11 is 0. The molecular weight excluding hydrogens is 443 g/mol. The quantitative estimate of drug-likeness (QED) is 0.211. The number of rotatable bonds is 11. The molecule has 4 heteroatoms. The highest BCUT2D eigenvalue weighted by Crippen LogP contribution is 2.74. The van der Waals surface area contributed by atoms with Crippen molar-refractivity contribution in [1.82, 2.24) is 0 Å². The lowest BCUT2D eigenvalue weighted by Crippen LogP contribution is -2.60. The van der Waals surface area contributed by atoms with Gasteiger partial charge in [-0.05, 0) is 73.0 Å². The van der Waals surface area contributed by atoms with E-state index < -0.39 is 0 Å². The lowest BCUT2D eigenvalue weighted by molar-refractivity contribution is -0.181. The average Bonchev–Trinajstić information content (AvgIpc) is 2.84. The van der Waals surface area contributed by atoms with Crippen molar-refractivity contribution in [1.29, 1.82) is 0 Å². The van der Waals surface area contributed by atoms with Gasteiger partial charge in [0.25, 0.3) is 0 Å². The predicted octanol–water partition coefficient (Wildman–Crippen LogP) is 8.59. The van der Waals surface area contributed by atoms with Gasteiger partial charge >= 0.3 is 0 Å². The number of hydrogen-bond donors (Lipinski definition) is 0. The molecule has 0 radical (unpaired) electrons. The van der Waals surface area contributed by atoms with Crippen LogP contribution in [0.5, 0.6) is 0 Å². The Morgan fingerprint density at radius 3 is 1.67 bits per heavy atom. The molecule has 0 spiro atoms. The summed E-state index contributed by atoms with van der Waals surface area (Å²) in [5, 5.41) is 0.934. The van der Waals surface area contributed by atoms with Gasteiger partial charge in [0, 0.05) is 12.8 Å². The molecule has 204 valence electrons. The van der Waals surface area contributed by atoms with Crippen LogP contribution in [0.2, 0.25) is 16.9 Å². The summed E-state index contributed by atoms with van der Waals surface area (Å²) in [7, 11) is 0. The third-order valence-electron chi connectivity index (χ3n) is 12.9. The topological polar surface area (TPSA) is 35.5 Å². The number of ether oxygens (including phenoxy) is 2. The Kier molecular flexibility index (Phi) is 7.56. The summed E-state index contributed by atoms with van der Waals surface area (Å²) in [6, 6.07) is 0. The molecule has 0 aromatic heterocycles. The monoisotopic (exact) mass is 498 g/mol. The maximum atomic E-state index is 12.8. The van der Waals surface area contributed by atoms with E-state index in [1.54, 1.807) is 0 Å². The van der Waals surface area contributed by atoms with Crippen LogP contribution < -0.4 is 0 Å². The molecule has 0 aromatic rings. The van der Waals surface area contributed by atoms with Crippen molar-refractivity contribution in [2.45, 2.75) is 148 Å². The minimum Gasteiger partial charge on any atom is -0.353 e. The number of carbonyl (C=O) groups excluding carboxylic acids is 1. The normalized spacial score (nSPS) is 40.7. The number of Topliss-reactive ketones (excluding diaryl/α,β-unsaturated/α-hetero) is 1. The van der Waals surface area contributed by atoms with Crippen LogP contribution in [-0.2, 0) is 14.3 Å². The molecule has 4 bridgehead atoms. The standard InChI is InChI=1S/C32H55BO3/c1-29(2)23-17-24(29)20-31(5,19-23)33(32(6)21-25-18-26(22-32)30(25,3)4)14-9-12-27(34)11-7-8-13-28-35-15-10-16-36-28/h23-26,28H,7-22H2,1-6H3. The van der Waals surface area contributed by atoms with Gasteiger partial charge in [-0.1, -0.05) is 90.6 Å². The van der Waals surface area contributed by atoms with Gasteiger partial charge in [0.05, 0.1) is 13.2 Å². The van der Waals surface area contributed by atoms with Crippen LogP contribution in [0.4, 0.5) is 0 Å². The lowest BCUT2D eigenvalue weighted by Gasteiger charge is -2.68. The smallest absolute Gasteiger partial charge is 0.157 e. The Morgan fingerprint density at radius 2 is 1.19 bits per heavy atom. The SMILES string of the molecule is CC1(B(CCCC(=O)CCCCC2OCCCO2)C2(C)CC3CC(C2)C3(C)C)CC2CC(C1)C2(C)C. The highest BCUT2D eigenvalue weighted by molar-refractivity contribution is 6.65. The molecular formula is C32H55BO3. The van der Waals surface area contributed by atoms with Crippen molar-refractivity contribution in [2.24, 2.45) is 34.5 Å². The number of carbonyl (C=O) groups is 1. The molecule has 7 aliphatic rings. The summed E-state index contributed by atoms with van der Waals surface area (Å²) in [6.45, 7) is 17.9. The Morgan fingerprint density at radius 1 is 0.722 bits per heavy atom. The molecule has 1 aliphatic heterocycles. The number of unbranched alkanes of at least 4 members (excludes halogenated alkanes) is 1. The molecule has 6 saturated carbocycles. The minimum absolute atomic E-state index is 0.0329. The van der Waals surface area contributed by atoms with Crippen LogP contribution in [0.15, 0.2) is 0 Å². The van der Waals surface area contributed by atoms with Crippen molar-refractivity contribution in [3.63, 3.8) is 0 Å². The zero-order valence-corrected chi connectivity index (χ0v) is 24.5. The van der Waals surface area contributed by atoms with E-state index in [4.69, 9.17) is 9.47 Å². The van der Waals surface area contributed by atoms with Crippen LogP contribution in [0.1, 0.15) is 125 Å². The van der Waals surface area contributed by atoms with Crippen LogP contribution in [0.3, 0.4) is 0 Å². The molecule has 7 fully saturated rings. The molecule has 0 aromatic carbocycles. The third kappa shape index (κ3) is 5.01. The fourth-order valence-electron chi connectivity index (χ4n) is 10.1. The van der Waals surface area contributed by atoms with E-state index in [1.165, 1.54) is 44.8 Å². The minimum atomic E-state index is -0.0329. The van der Waals surface area contributed by atoms with Crippen molar-refractivity contribution in [3.05, 3.63) is 0 Å². The first-order chi connectivity index (χ1) is 16.9. The fraction of sp³-hybridized carbons (Fsp3) is 0.969. The fourth-order valence-corrected chi connectivity index (χ4v) is 10.1. The van der Waals surface area contributed by atoms with Gasteiger partial charge in [-0.3, -0.25) is 4.79 Å². The van der Waals surface area contributed by atoms with Gasteiger partial charge in [-0.25, -0.2) is 0 Å². The second kappa shape index (κ2) is 10.00. The number of hydrogen-bond acceptors (Lipinski definition) is 3. The van der Waals surface area contributed by atoms with Gasteiger partial charge in [0.2, 0.25) is 0 Å². The molecule has 0 amide bonds. The molecule has 1 saturated heterocycles. The first kappa shape index (κ1) is 27.2. The second-order valence-electron chi connectivity index (χ2n) is 15.8. The predicted molar refractivity (Wildman–Crippen MR) is 150 cm³/mol. The van der Waals surface area contributed by atoms with E-state index in [9.17, 15) is 4.79 Å². The summed E-state index contributed by atoms with van der Waals surface area (Å²) in [4.78, 5) is 12.8. The highest BCUT2D eigenvalue weighted by atomic mass is 16.7. The lowest BCUT2D eigenvalue weighted by atomic mass is 9.14. The molecule has 1 heterocycles. The van der Waals surface area contributed by atoms with E-state index >= 15 is 0 Å². The number of ketones is 1. The largest absolute Gasteiger partial charge is 0.353 e. The summed E-state index contributed by atoms with van der Waals surface area (Å²) in [5.74, 6) is 4.15. The maximum Gasteiger partial charge on any atom is 0.157 e. The highest BCUT2D eigenvalue weighted by Gasteiger charge is 2.64.